The molecule has 0 aliphatic heterocycles. The van der Waals surface area contributed by atoms with E-state index in [1.807, 2.05) is 11.3 Å². The van der Waals surface area contributed by atoms with E-state index in [2.05, 4.69) is 182 Å². The van der Waals surface area contributed by atoms with Gasteiger partial charge in [-0.2, -0.15) is 0 Å². The Morgan fingerprint density at radius 2 is 1.08 bits per heavy atom. The number of hydrogen-bond acceptors (Lipinski definition) is 1. The summed E-state index contributed by atoms with van der Waals surface area (Å²) in [5.41, 5.74) is 11.2. The van der Waals surface area contributed by atoms with E-state index >= 15 is 0 Å². The number of nitrogens with zero attached hydrogens (tertiary/aromatic N) is 2. The second-order valence-electron chi connectivity index (χ2n) is 14.2. The normalized spacial score (nSPS) is 12.4. The molecule has 0 bridgehead atoms. The van der Waals surface area contributed by atoms with Crippen molar-refractivity contribution < 1.29 is 0 Å². The van der Waals surface area contributed by atoms with Gasteiger partial charge >= 0.3 is 0 Å². The Kier molecular flexibility index (Phi) is 6.04. The van der Waals surface area contributed by atoms with Crippen LogP contribution >= 0.6 is 11.3 Å². The predicted octanol–water partition coefficient (Wildman–Crippen LogP) is 13.2. The van der Waals surface area contributed by atoms with E-state index in [4.69, 9.17) is 0 Å². The monoisotopic (exact) mass is 646 g/mol. The molecule has 3 heteroatoms. The van der Waals surface area contributed by atoms with Crippen LogP contribution in [0.4, 0.5) is 0 Å². The highest BCUT2D eigenvalue weighted by atomic mass is 32.1. The van der Waals surface area contributed by atoms with Gasteiger partial charge in [0.05, 0.1) is 22.1 Å². The second kappa shape index (κ2) is 10.4. The van der Waals surface area contributed by atoms with Crippen LogP contribution in [0.1, 0.15) is 26.3 Å². The molecule has 0 fully saturated rings. The highest BCUT2D eigenvalue weighted by Crippen LogP contribution is 2.44. The molecule has 0 spiro atoms. The Bertz CT molecular complexity index is 2910. The minimum Gasteiger partial charge on any atom is -0.309 e. The molecule has 7 aromatic carbocycles. The molecule has 2 nitrogen and oxygen atoms in total. The first kappa shape index (κ1) is 28.4. The van der Waals surface area contributed by atoms with Gasteiger partial charge in [0, 0.05) is 53.1 Å². The van der Waals surface area contributed by atoms with Crippen LogP contribution in [-0.2, 0) is 5.41 Å². The Hall–Kier alpha value is -5.64. The fourth-order valence-corrected chi connectivity index (χ4v) is 9.01. The predicted molar refractivity (Wildman–Crippen MR) is 212 cm³/mol. The fourth-order valence-electron chi connectivity index (χ4n) is 7.90. The summed E-state index contributed by atoms with van der Waals surface area (Å²) in [7, 11) is 0. The molecule has 0 radical (unpaired) electrons. The molecule has 0 atom stereocenters. The zero-order valence-electron chi connectivity index (χ0n) is 27.7. The van der Waals surface area contributed by atoms with Crippen molar-refractivity contribution in [2.45, 2.75) is 26.2 Å². The first-order valence-electron chi connectivity index (χ1n) is 17.0. The number of para-hydroxylation sites is 2. The molecule has 0 unspecified atom stereocenters. The molecule has 3 heterocycles. The van der Waals surface area contributed by atoms with E-state index in [0.29, 0.717) is 0 Å². The van der Waals surface area contributed by atoms with Gasteiger partial charge in [-0.3, -0.25) is 0 Å². The van der Waals surface area contributed by atoms with E-state index in [1.165, 1.54) is 91.8 Å². The lowest BCUT2D eigenvalue weighted by atomic mass is 9.86. The second-order valence-corrected chi connectivity index (χ2v) is 15.3. The van der Waals surface area contributed by atoms with Crippen molar-refractivity contribution in [3.05, 3.63) is 157 Å². The Morgan fingerprint density at radius 3 is 1.86 bits per heavy atom. The van der Waals surface area contributed by atoms with Crippen molar-refractivity contribution >= 4 is 75.1 Å². The minimum atomic E-state index is 0.130. The first-order valence-corrected chi connectivity index (χ1v) is 17.8. The lowest BCUT2D eigenvalue weighted by Gasteiger charge is -2.19. The van der Waals surface area contributed by atoms with Crippen LogP contribution in [0.3, 0.4) is 0 Å². The van der Waals surface area contributed by atoms with E-state index in [9.17, 15) is 0 Å². The molecule has 10 rings (SSSR count). The highest BCUT2D eigenvalue weighted by molar-refractivity contribution is 7.26. The Morgan fingerprint density at radius 1 is 0.429 bits per heavy atom. The molecule has 0 aliphatic rings. The summed E-state index contributed by atoms with van der Waals surface area (Å²) in [6.07, 6.45) is 0. The van der Waals surface area contributed by atoms with Crippen LogP contribution in [0, 0.1) is 0 Å². The zero-order valence-corrected chi connectivity index (χ0v) is 28.6. The third-order valence-corrected chi connectivity index (χ3v) is 11.4. The zero-order chi connectivity index (χ0) is 32.9. The summed E-state index contributed by atoms with van der Waals surface area (Å²) >= 11 is 1.88. The van der Waals surface area contributed by atoms with Crippen LogP contribution in [0.15, 0.2) is 152 Å². The van der Waals surface area contributed by atoms with E-state index in [-0.39, 0.29) is 5.41 Å². The third kappa shape index (κ3) is 4.25. The molecule has 234 valence electrons. The Balaban J connectivity index is 1.21. The lowest BCUT2D eigenvalue weighted by Crippen LogP contribution is -2.10. The van der Waals surface area contributed by atoms with E-state index < -0.39 is 0 Å². The maximum atomic E-state index is 2.50. The number of aromatic nitrogens is 2. The van der Waals surface area contributed by atoms with Gasteiger partial charge in [0.2, 0.25) is 0 Å². The maximum Gasteiger partial charge on any atom is 0.0634 e. The average Bonchev–Trinajstić information content (AvgIpc) is 3.79. The van der Waals surface area contributed by atoms with Crippen LogP contribution < -0.4 is 0 Å². The third-order valence-electron chi connectivity index (χ3n) is 10.3. The summed E-state index contributed by atoms with van der Waals surface area (Å²) in [6.45, 7) is 6.80. The quantitative estimate of drug-likeness (QED) is 0.181. The van der Waals surface area contributed by atoms with Crippen LogP contribution in [0.5, 0.6) is 0 Å². The van der Waals surface area contributed by atoms with E-state index in [1.54, 1.807) is 0 Å². The minimum absolute atomic E-state index is 0.130. The molecule has 0 N–H and O–H groups in total. The van der Waals surface area contributed by atoms with Crippen molar-refractivity contribution in [3.63, 3.8) is 0 Å². The molecule has 3 aromatic heterocycles. The number of rotatable bonds is 3. The molecular weight excluding hydrogens is 613 g/mol. The maximum absolute atomic E-state index is 2.50. The van der Waals surface area contributed by atoms with Gasteiger partial charge in [-0.25, -0.2) is 0 Å². The number of hydrogen-bond donors (Lipinski definition) is 0. The molecule has 10 aromatic rings. The molecule has 0 aliphatic carbocycles. The molecular formula is C46H34N2S. The van der Waals surface area contributed by atoms with E-state index in [0.717, 1.165) is 0 Å². The first-order chi connectivity index (χ1) is 23.9. The molecule has 0 amide bonds. The summed E-state index contributed by atoms with van der Waals surface area (Å²) in [6, 6.07) is 56.2. The summed E-state index contributed by atoms with van der Waals surface area (Å²) in [5.74, 6) is 0. The SMILES string of the molecule is CC(C)(C)c1ccc(-c2cccc(-n3c4ccccc4c4cc(-n5c6ccccc6c6ccc7sc8ccccc8c7c65)ccc43)c2)cc1. The summed E-state index contributed by atoms with van der Waals surface area (Å²) in [4.78, 5) is 0. The average molecular weight is 647 g/mol. The molecule has 0 saturated heterocycles. The van der Waals surface area contributed by atoms with Gasteiger partial charge in [0.25, 0.3) is 0 Å². The van der Waals surface area contributed by atoms with Crippen LogP contribution in [-0.4, -0.2) is 9.13 Å². The van der Waals surface area contributed by atoms with Gasteiger partial charge in [-0.15, -0.1) is 11.3 Å². The van der Waals surface area contributed by atoms with Crippen molar-refractivity contribution in [2.75, 3.05) is 0 Å². The number of fused-ring (bicyclic) bond motifs is 10. The topological polar surface area (TPSA) is 9.86 Å². The smallest absolute Gasteiger partial charge is 0.0634 e. The largest absolute Gasteiger partial charge is 0.309 e. The van der Waals surface area contributed by atoms with Crippen molar-refractivity contribution in [3.8, 4) is 22.5 Å². The van der Waals surface area contributed by atoms with Crippen molar-refractivity contribution in [1.29, 1.82) is 0 Å². The van der Waals surface area contributed by atoms with Gasteiger partial charge in [-0.1, -0.05) is 118 Å². The van der Waals surface area contributed by atoms with Crippen LogP contribution in [0.25, 0.3) is 86.3 Å². The number of benzene rings is 7. The highest BCUT2D eigenvalue weighted by Gasteiger charge is 2.20. The molecule has 0 saturated carbocycles. The number of thiophene rings is 1. The van der Waals surface area contributed by atoms with Crippen molar-refractivity contribution in [2.24, 2.45) is 0 Å². The molecule has 49 heavy (non-hydrogen) atoms. The Labute approximate surface area is 289 Å². The van der Waals surface area contributed by atoms with Gasteiger partial charge < -0.3 is 9.13 Å². The fraction of sp³-hybridized carbons (Fsp3) is 0.0870. The van der Waals surface area contributed by atoms with Gasteiger partial charge in [0.15, 0.2) is 0 Å². The standard InChI is InChI=1S/C46H34N2S/c1-46(2,3)31-21-19-29(20-22-31)30-11-10-12-32(27-30)47-39-16-7-5-14-35(39)38-28-33(23-25-41(38)47)48-40-17-8-4-13-34(40)36-24-26-43-44(45(36)48)37-15-6-9-18-42(37)49-43/h4-28H,1-3H3. The lowest BCUT2D eigenvalue weighted by molar-refractivity contribution is 0.590. The van der Waals surface area contributed by atoms with Crippen molar-refractivity contribution in [1.82, 2.24) is 9.13 Å². The van der Waals surface area contributed by atoms with Gasteiger partial charge in [-0.05, 0) is 76.7 Å². The summed E-state index contributed by atoms with van der Waals surface area (Å²) in [5, 5.41) is 7.74. The van der Waals surface area contributed by atoms with Crippen LogP contribution in [0.2, 0.25) is 0 Å². The summed E-state index contributed by atoms with van der Waals surface area (Å²) < 4.78 is 7.58. The van der Waals surface area contributed by atoms with Gasteiger partial charge in [0.1, 0.15) is 0 Å².